The third-order valence-corrected chi connectivity index (χ3v) is 5.11. The summed E-state index contributed by atoms with van der Waals surface area (Å²) < 4.78 is 7.59. The molecule has 0 saturated heterocycles. The second kappa shape index (κ2) is 13.7. The van der Waals surface area contributed by atoms with Crippen molar-refractivity contribution in [2.75, 3.05) is 27.2 Å². The van der Waals surface area contributed by atoms with E-state index in [1.165, 1.54) is 5.56 Å². The van der Waals surface area contributed by atoms with Crippen LogP contribution in [0.15, 0.2) is 65.9 Å². The zero-order chi connectivity index (χ0) is 21.9. The van der Waals surface area contributed by atoms with E-state index in [0.29, 0.717) is 6.54 Å². The van der Waals surface area contributed by atoms with E-state index in [4.69, 9.17) is 9.73 Å². The average Bonchev–Trinajstić information content (AvgIpc) is 3.26. The lowest BCUT2D eigenvalue weighted by Crippen LogP contribution is -2.40. The van der Waals surface area contributed by atoms with Crippen LogP contribution in [-0.2, 0) is 25.9 Å². The molecule has 3 aromatic rings. The number of ether oxygens (including phenoxy) is 1. The number of nitrogens with zero attached hydrogens (tertiary/aromatic N) is 5. The maximum absolute atomic E-state index is 5.52. The summed E-state index contributed by atoms with van der Waals surface area (Å²) in [5.74, 6) is 2.75. The van der Waals surface area contributed by atoms with Gasteiger partial charge >= 0.3 is 0 Å². The van der Waals surface area contributed by atoms with Crippen LogP contribution in [0.4, 0.5) is 0 Å². The molecule has 172 valence electrons. The third kappa shape index (κ3) is 7.51. The van der Waals surface area contributed by atoms with Crippen molar-refractivity contribution in [1.82, 2.24) is 25.0 Å². The fourth-order valence-corrected chi connectivity index (χ4v) is 3.44. The summed E-state index contributed by atoms with van der Waals surface area (Å²) in [4.78, 5) is 7.02. The number of rotatable bonds is 10. The number of hydrogen-bond donors (Lipinski definition) is 1. The van der Waals surface area contributed by atoms with Gasteiger partial charge in [0.15, 0.2) is 5.96 Å². The molecule has 0 spiro atoms. The standard InChI is InChI=1S/C24H32N6O.HI/c1-4-23-28-27-19-30(23)17-16-26-24(25-15-14-20-10-6-5-7-11-20)29(2)18-21-12-8-9-13-22(21)31-3;/h5-13,19H,4,14-18H2,1-3H3,(H,25,26);1H. The molecule has 0 fully saturated rings. The Morgan fingerprint density at radius 3 is 2.62 bits per heavy atom. The minimum atomic E-state index is 0. The number of para-hydroxylation sites is 1. The Balaban J connectivity index is 0.00000363. The van der Waals surface area contributed by atoms with E-state index in [2.05, 4.69) is 69.3 Å². The minimum Gasteiger partial charge on any atom is -0.496 e. The number of halogens is 1. The molecule has 0 bridgehead atoms. The molecule has 0 radical (unpaired) electrons. The van der Waals surface area contributed by atoms with Gasteiger partial charge in [0.25, 0.3) is 0 Å². The van der Waals surface area contributed by atoms with Crippen LogP contribution >= 0.6 is 24.0 Å². The Kier molecular flexibility index (Phi) is 11.0. The average molecular weight is 548 g/mol. The minimum absolute atomic E-state index is 0. The third-order valence-electron chi connectivity index (χ3n) is 5.11. The Hall–Kier alpha value is -2.62. The van der Waals surface area contributed by atoms with Gasteiger partial charge < -0.3 is 19.5 Å². The molecule has 7 nitrogen and oxygen atoms in total. The highest BCUT2D eigenvalue weighted by Crippen LogP contribution is 2.18. The largest absolute Gasteiger partial charge is 0.496 e. The van der Waals surface area contributed by atoms with Gasteiger partial charge in [0.2, 0.25) is 0 Å². The lowest BCUT2D eigenvalue weighted by Gasteiger charge is -2.24. The van der Waals surface area contributed by atoms with Gasteiger partial charge in [0.05, 0.1) is 7.11 Å². The van der Waals surface area contributed by atoms with Crippen molar-refractivity contribution in [2.24, 2.45) is 4.99 Å². The van der Waals surface area contributed by atoms with E-state index in [1.807, 2.05) is 24.3 Å². The molecule has 0 aliphatic carbocycles. The molecule has 0 unspecified atom stereocenters. The molecule has 32 heavy (non-hydrogen) atoms. The summed E-state index contributed by atoms with van der Waals surface area (Å²) in [6.07, 6.45) is 3.55. The van der Waals surface area contributed by atoms with Gasteiger partial charge in [-0.25, -0.2) is 0 Å². The number of aromatic nitrogens is 3. The topological polar surface area (TPSA) is 67.6 Å². The van der Waals surface area contributed by atoms with Gasteiger partial charge in [-0.05, 0) is 18.1 Å². The van der Waals surface area contributed by atoms with Crippen LogP contribution in [0.5, 0.6) is 5.75 Å². The van der Waals surface area contributed by atoms with Gasteiger partial charge in [0, 0.05) is 45.2 Å². The first kappa shape index (κ1) is 25.6. The zero-order valence-corrected chi connectivity index (χ0v) is 21.4. The van der Waals surface area contributed by atoms with E-state index in [9.17, 15) is 0 Å². The van der Waals surface area contributed by atoms with Crippen molar-refractivity contribution < 1.29 is 4.74 Å². The number of nitrogens with one attached hydrogen (secondary N) is 1. The molecule has 8 heteroatoms. The van der Waals surface area contributed by atoms with Gasteiger partial charge in [-0.3, -0.25) is 4.99 Å². The smallest absolute Gasteiger partial charge is 0.194 e. The monoisotopic (exact) mass is 548 g/mol. The van der Waals surface area contributed by atoms with E-state index in [-0.39, 0.29) is 24.0 Å². The van der Waals surface area contributed by atoms with Crippen LogP contribution in [-0.4, -0.2) is 52.9 Å². The van der Waals surface area contributed by atoms with Crippen molar-refractivity contribution in [1.29, 1.82) is 0 Å². The summed E-state index contributed by atoms with van der Waals surface area (Å²) in [6.45, 7) is 5.04. The quantitative estimate of drug-likeness (QED) is 0.237. The van der Waals surface area contributed by atoms with Gasteiger partial charge in [-0.1, -0.05) is 55.5 Å². The second-order valence-electron chi connectivity index (χ2n) is 7.33. The lowest BCUT2D eigenvalue weighted by molar-refractivity contribution is 0.395. The van der Waals surface area contributed by atoms with Gasteiger partial charge in [0.1, 0.15) is 17.9 Å². The molecule has 0 amide bonds. The fraction of sp³-hybridized carbons (Fsp3) is 0.375. The van der Waals surface area contributed by atoms with Crippen LogP contribution in [0.3, 0.4) is 0 Å². The molecule has 0 aliphatic rings. The van der Waals surface area contributed by atoms with Crippen molar-refractivity contribution in [3.05, 3.63) is 77.9 Å². The number of aryl methyl sites for hydroxylation is 1. The maximum atomic E-state index is 5.52. The van der Waals surface area contributed by atoms with Gasteiger partial charge in [-0.15, -0.1) is 34.2 Å². The predicted octanol–water partition coefficient (Wildman–Crippen LogP) is 3.79. The zero-order valence-electron chi connectivity index (χ0n) is 19.1. The second-order valence-corrected chi connectivity index (χ2v) is 7.33. The van der Waals surface area contributed by atoms with Crippen molar-refractivity contribution in [3.63, 3.8) is 0 Å². The molecule has 1 N–H and O–H groups in total. The maximum Gasteiger partial charge on any atom is 0.194 e. The Bertz CT molecular complexity index is 960. The van der Waals surface area contributed by atoms with Gasteiger partial charge in [-0.2, -0.15) is 0 Å². The normalized spacial score (nSPS) is 11.0. The SMILES string of the molecule is CCc1nncn1CCNC(=NCCc1ccccc1)N(C)Cc1ccccc1OC.I. The number of aliphatic imine (C=N–C) groups is 1. The molecule has 3 rings (SSSR count). The Morgan fingerprint density at radius 2 is 1.88 bits per heavy atom. The van der Waals surface area contributed by atoms with Crippen molar-refractivity contribution in [3.8, 4) is 5.75 Å². The van der Waals surface area contributed by atoms with E-state index < -0.39 is 0 Å². The molecule has 1 aromatic heterocycles. The molecular formula is C24H33IN6O. The molecule has 0 aliphatic heterocycles. The Morgan fingerprint density at radius 1 is 1.12 bits per heavy atom. The van der Waals surface area contributed by atoms with E-state index in [1.54, 1.807) is 13.4 Å². The summed E-state index contributed by atoms with van der Waals surface area (Å²) in [5, 5.41) is 11.7. The number of hydrogen-bond acceptors (Lipinski definition) is 4. The van der Waals surface area contributed by atoms with Crippen LogP contribution in [0.25, 0.3) is 0 Å². The molecule has 2 aromatic carbocycles. The summed E-state index contributed by atoms with van der Waals surface area (Å²) in [5.41, 5.74) is 2.41. The predicted molar refractivity (Wildman–Crippen MR) is 140 cm³/mol. The van der Waals surface area contributed by atoms with E-state index in [0.717, 1.165) is 55.6 Å². The number of benzene rings is 2. The number of methoxy groups -OCH3 is 1. The summed E-state index contributed by atoms with van der Waals surface area (Å²) in [6, 6.07) is 18.5. The molecular weight excluding hydrogens is 515 g/mol. The van der Waals surface area contributed by atoms with Crippen molar-refractivity contribution >= 4 is 29.9 Å². The van der Waals surface area contributed by atoms with E-state index >= 15 is 0 Å². The highest BCUT2D eigenvalue weighted by Gasteiger charge is 2.11. The summed E-state index contributed by atoms with van der Waals surface area (Å²) in [7, 11) is 3.76. The van der Waals surface area contributed by atoms with Crippen LogP contribution < -0.4 is 10.1 Å². The first-order valence-electron chi connectivity index (χ1n) is 10.7. The summed E-state index contributed by atoms with van der Waals surface area (Å²) >= 11 is 0. The lowest BCUT2D eigenvalue weighted by atomic mass is 10.1. The highest BCUT2D eigenvalue weighted by atomic mass is 127. The molecule has 0 saturated carbocycles. The van der Waals surface area contributed by atoms with Crippen LogP contribution in [0, 0.1) is 0 Å². The van der Waals surface area contributed by atoms with Crippen LogP contribution in [0.2, 0.25) is 0 Å². The highest BCUT2D eigenvalue weighted by molar-refractivity contribution is 14.0. The molecule has 0 atom stereocenters. The fourth-order valence-electron chi connectivity index (χ4n) is 3.44. The Labute approximate surface area is 207 Å². The van der Waals surface area contributed by atoms with Crippen LogP contribution in [0.1, 0.15) is 23.9 Å². The molecule has 1 heterocycles. The van der Waals surface area contributed by atoms with Crippen molar-refractivity contribution in [2.45, 2.75) is 32.9 Å². The first-order valence-corrected chi connectivity index (χ1v) is 10.7. The first-order chi connectivity index (χ1) is 15.2. The number of guanidine groups is 1.